The van der Waals surface area contributed by atoms with E-state index in [2.05, 4.69) is 4.98 Å². The van der Waals surface area contributed by atoms with Crippen LogP contribution in [-0.4, -0.2) is 4.98 Å². The van der Waals surface area contributed by atoms with E-state index in [1.54, 1.807) is 0 Å². The molecule has 5 heteroatoms. The van der Waals surface area contributed by atoms with E-state index in [1.807, 2.05) is 22.6 Å². The van der Waals surface area contributed by atoms with Crippen LogP contribution in [0.1, 0.15) is 12.0 Å². The Labute approximate surface area is 80.9 Å². The fraction of sp³-hybridized carbons (Fsp3) is 0.167. The first-order valence-corrected chi connectivity index (χ1v) is 4.15. The van der Waals surface area contributed by atoms with Crippen LogP contribution in [0.15, 0.2) is 12.4 Å². The van der Waals surface area contributed by atoms with Crippen molar-refractivity contribution in [1.82, 2.24) is 4.98 Å². The van der Waals surface area contributed by atoms with Crippen molar-refractivity contribution < 1.29 is 8.78 Å². The minimum Gasteiger partial charge on any atom is -0.263 e. The summed E-state index contributed by atoms with van der Waals surface area (Å²) in [4.78, 5) is 3.59. The third-order valence-electron chi connectivity index (χ3n) is 1.10. The lowest BCUT2D eigenvalue weighted by Crippen LogP contribution is -1.89. The number of nitrogens with zero attached hydrogens (tertiary/aromatic N) is 1. The zero-order valence-electron chi connectivity index (χ0n) is 5.19. The first-order chi connectivity index (χ1) is 5.13. The van der Waals surface area contributed by atoms with Crippen LogP contribution in [0.4, 0.5) is 8.78 Å². The van der Waals surface area contributed by atoms with Gasteiger partial charge < -0.3 is 0 Å². The molecule has 0 saturated carbocycles. The Hall–Kier alpha value is 0.0300. The van der Waals surface area contributed by atoms with E-state index >= 15 is 0 Å². The molecule has 11 heavy (non-hydrogen) atoms. The van der Waals surface area contributed by atoms with Gasteiger partial charge in [-0.2, -0.15) is 0 Å². The molecule has 0 aromatic carbocycles. The van der Waals surface area contributed by atoms with Gasteiger partial charge in [0.2, 0.25) is 0 Å². The van der Waals surface area contributed by atoms with Gasteiger partial charge in [0.05, 0.1) is 14.2 Å². The quantitative estimate of drug-likeness (QED) is 0.723. The standard InChI is InChI=1S/C6H3ClF2IN/c7-5-3(6(8)9)1-11-2-4(5)10/h1-2,6H. The third-order valence-corrected chi connectivity index (χ3v) is 2.66. The average Bonchev–Trinajstić information content (AvgIpc) is 1.94. The van der Waals surface area contributed by atoms with Crippen LogP contribution >= 0.6 is 34.2 Å². The Morgan fingerprint density at radius 1 is 1.45 bits per heavy atom. The van der Waals surface area contributed by atoms with E-state index in [1.165, 1.54) is 6.20 Å². The largest absolute Gasteiger partial charge is 0.266 e. The van der Waals surface area contributed by atoms with Gasteiger partial charge >= 0.3 is 0 Å². The van der Waals surface area contributed by atoms with Crippen LogP contribution in [0, 0.1) is 3.57 Å². The van der Waals surface area contributed by atoms with Crippen LogP contribution in [0.25, 0.3) is 0 Å². The molecule has 0 N–H and O–H groups in total. The molecule has 1 aromatic rings. The van der Waals surface area contributed by atoms with Gasteiger partial charge in [0.1, 0.15) is 0 Å². The Bertz CT molecular complexity index is 267. The molecule has 60 valence electrons. The summed E-state index contributed by atoms with van der Waals surface area (Å²) in [7, 11) is 0. The summed E-state index contributed by atoms with van der Waals surface area (Å²) in [5.41, 5.74) is -0.210. The molecule has 0 unspecified atom stereocenters. The van der Waals surface area contributed by atoms with Crippen molar-refractivity contribution in [2.45, 2.75) is 6.43 Å². The van der Waals surface area contributed by atoms with Crippen molar-refractivity contribution in [2.24, 2.45) is 0 Å². The van der Waals surface area contributed by atoms with Gasteiger partial charge in [-0.1, -0.05) is 11.6 Å². The molecule has 1 heterocycles. The molecule has 0 radical (unpaired) electrons. The third kappa shape index (κ3) is 1.99. The van der Waals surface area contributed by atoms with E-state index in [0.29, 0.717) is 3.57 Å². The van der Waals surface area contributed by atoms with Crippen LogP contribution in [-0.2, 0) is 0 Å². The zero-order valence-corrected chi connectivity index (χ0v) is 8.10. The summed E-state index contributed by atoms with van der Waals surface area (Å²) >= 11 is 7.42. The lowest BCUT2D eigenvalue weighted by Gasteiger charge is -2.02. The van der Waals surface area contributed by atoms with E-state index in [9.17, 15) is 8.78 Å². The topological polar surface area (TPSA) is 12.9 Å². The minimum atomic E-state index is -2.55. The molecule has 1 aromatic heterocycles. The fourth-order valence-electron chi connectivity index (χ4n) is 0.586. The highest BCUT2D eigenvalue weighted by molar-refractivity contribution is 14.1. The second-order valence-electron chi connectivity index (χ2n) is 1.83. The van der Waals surface area contributed by atoms with Gasteiger partial charge in [0.15, 0.2) is 0 Å². The lowest BCUT2D eigenvalue weighted by molar-refractivity contribution is 0.151. The van der Waals surface area contributed by atoms with Crippen molar-refractivity contribution in [3.8, 4) is 0 Å². The highest BCUT2D eigenvalue weighted by atomic mass is 127. The van der Waals surface area contributed by atoms with Crippen molar-refractivity contribution in [3.63, 3.8) is 0 Å². The monoisotopic (exact) mass is 289 g/mol. The van der Waals surface area contributed by atoms with Crippen LogP contribution in [0.3, 0.4) is 0 Å². The molecule has 0 atom stereocenters. The van der Waals surface area contributed by atoms with Crippen molar-refractivity contribution in [2.75, 3.05) is 0 Å². The average molecular weight is 289 g/mol. The Balaban J connectivity index is 3.17. The summed E-state index contributed by atoms with van der Waals surface area (Å²) in [5, 5.41) is 0.0931. The van der Waals surface area contributed by atoms with Gasteiger partial charge in [0.25, 0.3) is 6.43 Å². The first kappa shape index (κ1) is 9.12. The maximum Gasteiger partial charge on any atom is 0.266 e. The van der Waals surface area contributed by atoms with E-state index in [0.717, 1.165) is 6.20 Å². The van der Waals surface area contributed by atoms with Gasteiger partial charge in [-0.15, -0.1) is 0 Å². The number of aromatic nitrogens is 1. The molecule has 0 bridgehead atoms. The van der Waals surface area contributed by atoms with E-state index in [4.69, 9.17) is 11.6 Å². The first-order valence-electron chi connectivity index (χ1n) is 2.70. The van der Waals surface area contributed by atoms with Crippen LogP contribution < -0.4 is 0 Å². The number of pyridine rings is 1. The SMILES string of the molecule is FC(F)c1cncc(I)c1Cl. The molecule has 0 amide bonds. The molecular weight excluding hydrogens is 286 g/mol. The van der Waals surface area contributed by atoms with Crippen molar-refractivity contribution >= 4 is 34.2 Å². The molecule has 0 fully saturated rings. The van der Waals surface area contributed by atoms with Crippen molar-refractivity contribution in [3.05, 3.63) is 26.5 Å². The summed E-state index contributed by atoms with van der Waals surface area (Å²) < 4.78 is 24.7. The maximum atomic E-state index is 12.1. The van der Waals surface area contributed by atoms with Gasteiger partial charge in [-0.3, -0.25) is 4.98 Å². The molecule has 1 rings (SSSR count). The predicted octanol–water partition coefficient (Wildman–Crippen LogP) is 3.28. The van der Waals surface area contributed by atoms with Gasteiger partial charge in [-0.05, 0) is 22.6 Å². The molecule has 0 aliphatic heterocycles. The number of hydrogen-bond donors (Lipinski definition) is 0. The number of hydrogen-bond acceptors (Lipinski definition) is 1. The second kappa shape index (κ2) is 3.62. The molecular formula is C6H3ClF2IN. The molecule has 0 spiro atoms. The Morgan fingerprint density at radius 3 is 2.55 bits per heavy atom. The fourth-order valence-corrected chi connectivity index (χ4v) is 1.24. The second-order valence-corrected chi connectivity index (χ2v) is 3.37. The summed E-state index contributed by atoms with van der Waals surface area (Å²) in [5.74, 6) is 0. The van der Waals surface area contributed by atoms with Crippen LogP contribution in [0.5, 0.6) is 0 Å². The molecule has 0 saturated heterocycles. The van der Waals surface area contributed by atoms with Gasteiger partial charge in [0, 0.05) is 12.4 Å². The summed E-state index contributed by atoms with van der Waals surface area (Å²) in [6.07, 6.45) is -0.0334. The molecule has 0 aliphatic carbocycles. The highest BCUT2D eigenvalue weighted by Crippen LogP contribution is 2.29. The number of rotatable bonds is 1. The smallest absolute Gasteiger partial charge is 0.263 e. The summed E-state index contributed by atoms with van der Waals surface area (Å²) in [6, 6.07) is 0. The Morgan fingerprint density at radius 2 is 2.09 bits per heavy atom. The van der Waals surface area contributed by atoms with Crippen LogP contribution in [0.2, 0.25) is 5.02 Å². The summed E-state index contributed by atoms with van der Waals surface area (Å²) in [6.45, 7) is 0. The van der Waals surface area contributed by atoms with Crippen molar-refractivity contribution in [1.29, 1.82) is 0 Å². The number of halogens is 4. The lowest BCUT2D eigenvalue weighted by atomic mass is 10.3. The predicted molar refractivity (Wildman–Crippen MR) is 46.9 cm³/mol. The van der Waals surface area contributed by atoms with Gasteiger partial charge in [-0.25, -0.2) is 8.78 Å². The Kier molecular flexibility index (Phi) is 3.00. The molecule has 0 aliphatic rings. The minimum absolute atomic E-state index is 0.0931. The zero-order chi connectivity index (χ0) is 8.43. The van der Waals surface area contributed by atoms with E-state index in [-0.39, 0.29) is 10.6 Å². The highest BCUT2D eigenvalue weighted by Gasteiger charge is 2.13. The normalized spacial score (nSPS) is 10.6. The van der Waals surface area contributed by atoms with E-state index < -0.39 is 6.43 Å². The maximum absolute atomic E-state index is 12.1. The molecule has 1 nitrogen and oxygen atoms in total. The number of alkyl halides is 2.